The smallest absolute Gasteiger partial charge is 0.108 e. The molecule has 0 aromatic heterocycles. The summed E-state index contributed by atoms with van der Waals surface area (Å²) in [5.41, 5.74) is 0. The molecule has 0 radical (unpaired) electrons. The van der Waals surface area contributed by atoms with Gasteiger partial charge in [0.1, 0.15) is 6.61 Å². The van der Waals surface area contributed by atoms with Crippen molar-refractivity contribution in [1.29, 1.82) is 0 Å². The molecule has 0 aliphatic rings. The zero-order valence-electron chi connectivity index (χ0n) is 7.21. The van der Waals surface area contributed by atoms with Gasteiger partial charge in [0, 0.05) is 17.0 Å². The molecule has 0 aliphatic carbocycles. The van der Waals surface area contributed by atoms with Crippen molar-refractivity contribution in [3.63, 3.8) is 0 Å². The molecule has 0 fully saturated rings. The Labute approximate surface area is 87.4 Å². The second kappa shape index (κ2) is 5.93. The normalized spacial score (nSPS) is 9.08. The Kier molecular flexibility index (Phi) is 4.77. The van der Waals surface area contributed by atoms with Crippen LogP contribution in [0.2, 0.25) is 5.02 Å². The molecular formula is C10H9ClOS. The van der Waals surface area contributed by atoms with Crippen LogP contribution >= 0.6 is 23.4 Å². The van der Waals surface area contributed by atoms with Gasteiger partial charge in [-0.3, -0.25) is 0 Å². The number of halogens is 1. The summed E-state index contributed by atoms with van der Waals surface area (Å²) < 4.78 is 4.79. The molecule has 3 heteroatoms. The predicted molar refractivity (Wildman–Crippen MR) is 57.0 cm³/mol. The average molecular weight is 213 g/mol. The van der Waals surface area contributed by atoms with Crippen LogP contribution in [0.25, 0.3) is 0 Å². The van der Waals surface area contributed by atoms with E-state index in [9.17, 15) is 0 Å². The van der Waals surface area contributed by atoms with E-state index >= 15 is 0 Å². The molecule has 13 heavy (non-hydrogen) atoms. The summed E-state index contributed by atoms with van der Waals surface area (Å²) in [6.45, 7) is 0.473. The van der Waals surface area contributed by atoms with E-state index in [1.807, 2.05) is 24.3 Å². The molecule has 68 valence electrons. The van der Waals surface area contributed by atoms with Gasteiger partial charge >= 0.3 is 0 Å². The lowest BCUT2D eigenvalue weighted by Gasteiger charge is -1.92. The van der Waals surface area contributed by atoms with Crippen molar-refractivity contribution in [3.05, 3.63) is 29.3 Å². The Morgan fingerprint density at radius 1 is 1.38 bits per heavy atom. The number of hydrogen-bond acceptors (Lipinski definition) is 2. The molecule has 0 unspecified atom stereocenters. The number of rotatable bonds is 2. The van der Waals surface area contributed by atoms with Crippen LogP contribution in [0.5, 0.6) is 0 Å². The number of ether oxygens (including phenoxy) is 1. The summed E-state index contributed by atoms with van der Waals surface area (Å²) in [4.78, 5) is 1.09. The van der Waals surface area contributed by atoms with E-state index in [-0.39, 0.29) is 0 Å². The van der Waals surface area contributed by atoms with Gasteiger partial charge in [0.2, 0.25) is 0 Å². The van der Waals surface area contributed by atoms with Crippen molar-refractivity contribution in [2.24, 2.45) is 0 Å². The van der Waals surface area contributed by atoms with Crippen LogP contribution in [0.4, 0.5) is 0 Å². The SMILES string of the molecule is COCC#CSc1ccc(Cl)cc1. The number of methoxy groups -OCH3 is 1. The second-order valence-electron chi connectivity index (χ2n) is 2.27. The van der Waals surface area contributed by atoms with Gasteiger partial charge in [0.15, 0.2) is 0 Å². The zero-order valence-corrected chi connectivity index (χ0v) is 8.78. The highest BCUT2D eigenvalue weighted by atomic mass is 35.5. The fraction of sp³-hybridized carbons (Fsp3) is 0.200. The van der Waals surface area contributed by atoms with Crippen LogP contribution in [0.15, 0.2) is 29.2 Å². The molecule has 0 saturated carbocycles. The molecule has 0 amide bonds. The molecule has 0 saturated heterocycles. The highest BCUT2D eigenvalue weighted by molar-refractivity contribution is 8.03. The van der Waals surface area contributed by atoms with Crippen molar-refractivity contribution in [3.8, 4) is 11.2 Å². The minimum Gasteiger partial charge on any atom is -0.372 e. The third-order valence-electron chi connectivity index (χ3n) is 1.27. The van der Waals surface area contributed by atoms with Crippen molar-refractivity contribution >= 4 is 23.4 Å². The van der Waals surface area contributed by atoms with Crippen LogP contribution in [0.1, 0.15) is 0 Å². The summed E-state index contributed by atoms with van der Waals surface area (Å²) in [7, 11) is 1.63. The maximum Gasteiger partial charge on any atom is 0.108 e. The van der Waals surface area contributed by atoms with Crippen LogP contribution < -0.4 is 0 Å². The quantitative estimate of drug-likeness (QED) is 0.551. The summed E-state index contributed by atoms with van der Waals surface area (Å²) in [5, 5.41) is 3.67. The third-order valence-corrected chi connectivity index (χ3v) is 2.28. The molecule has 0 N–H and O–H groups in total. The molecule has 0 aliphatic heterocycles. The number of benzene rings is 1. The van der Waals surface area contributed by atoms with Gasteiger partial charge in [-0.05, 0) is 41.3 Å². The topological polar surface area (TPSA) is 9.23 Å². The highest BCUT2D eigenvalue weighted by Gasteiger charge is 1.89. The Bertz CT molecular complexity index is 310. The van der Waals surface area contributed by atoms with Crippen molar-refractivity contribution in [2.45, 2.75) is 4.90 Å². The Hall–Kier alpha value is -0.620. The van der Waals surface area contributed by atoms with E-state index in [1.54, 1.807) is 7.11 Å². The van der Waals surface area contributed by atoms with E-state index in [2.05, 4.69) is 11.2 Å². The molecule has 0 heterocycles. The Morgan fingerprint density at radius 3 is 2.69 bits per heavy atom. The van der Waals surface area contributed by atoms with Crippen LogP contribution in [0, 0.1) is 11.2 Å². The fourth-order valence-electron chi connectivity index (χ4n) is 0.699. The molecule has 1 aromatic rings. The van der Waals surface area contributed by atoms with Gasteiger partial charge in [0.25, 0.3) is 0 Å². The lowest BCUT2D eigenvalue weighted by Crippen LogP contribution is -1.79. The van der Waals surface area contributed by atoms with Crippen LogP contribution in [-0.4, -0.2) is 13.7 Å². The van der Waals surface area contributed by atoms with Gasteiger partial charge in [-0.2, -0.15) is 0 Å². The monoisotopic (exact) mass is 212 g/mol. The van der Waals surface area contributed by atoms with Crippen molar-refractivity contribution in [1.82, 2.24) is 0 Å². The highest BCUT2D eigenvalue weighted by Crippen LogP contribution is 2.18. The van der Waals surface area contributed by atoms with Crippen molar-refractivity contribution in [2.75, 3.05) is 13.7 Å². The lowest BCUT2D eigenvalue weighted by atomic mass is 10.4. The van der Waals surface area contributed by atoms with Gasteiger partial charge in [-0.1, -0.05) is 17.5 Å². The van der Waals surface area contributed by atoms with Gasteiger partial charge in [0.05, 0.1) is 0 Å². The van der Waals surface area contributed by atoms with E-state index in [0.717, 1.165) is 9.92 Å². The second-order valence-corrected chi connectivity index (χ2v) is 3.58. The van der Waals surface area contributed by atoms with Gasteiger partial charge in [-0.25, -0.2) is 0 Å². The summed E-state index contributed by atoms with van der Waals surface area (Å²) >= 11 is 7.20. The molecule has 1 aromatic carbocycles. The minimum absolute atomic E-state index is 0.473. The number of thioether (sulfide) groups is 1. The standard InChI is InChI=1S/C10H9ClOS/c1-12-7-2-8-13-10-5-3-9(11)4-6-10/h3-6H,7H2,1H3. The molecule has 0 bridgehead atoms. The molecule has 1 rings (SSSR count). The minimum atomic E-state index is 0.473. The Morgan fingerprint density at radius 2 is 2.08 bits per heavy atom. The zero-order chi connectivity index (χ0) is 9.52. The summed E-state index contributed by atoms with van der Waals surface area (Å²) in [5.74, 6) is 2.86. The van der Waals surface area contributed by atoms with E-state index < -0.39 is 0 Å². The Balaban J connectivity index is 2.47. The largest absolute Gasteiger partial charge is 0.372 e. The van der Waals surface area contributed by atoms with E-state index in [1.165, 1.54) is 11.8 Å². The molecule has 0 atom stereocenters. The first-order valence-corrected chi connectivity index (χ1v) is 4.91. The lowest BCUT2D eigenvalue weighted by molar-refractivity contribution is 0.240. The van der Waals surface area contributed by atoms with Crippen LogP contribution in [-0.2, 0) is 4.74 Å². The average Bonchev–Trinajstić information content (AvgIpc) is 2.15. The van der Waals surface area contributed by atoms with Crippen molar-refractivity contribution < 1.29 is 4.74 Å². The molecule has 1 nitrogen and oxygen atoms in total. The van der Waals surface area contributed by atoms with Crippen LogP contribution in [0.3, 0.4) is 0 Å². The van der Waals surface area contributed by atoms with E-state index in [0.29, 0.717) is 6.61 Å². The summed E-state index contributed by atoms with van der Waals surface area (Å²) in [6.07, 6.45) is 0. The third kappa shape index (κ3) is 4.23. The maximum atomic E-state index is 5.73. The fourth-order valence-corrected chi connectivity index (χ4v) is 1.35. The van der Waals surface area contributed by atoms with Gasteiger partial charge in [-0.15, -0.1) is 0 Å². The predicted octanol–water partition coefficient (Wildman–Crippen LogP) is 3.04. The van der Waals surface area contributed by atoms with Gasteiger partial charge < -0.3 is 4.74 Å². The number of hydrogen-bond donors (Lipinski definition) is 0. The van der Waals surface area contributed by atoms with E-state index in [4.69, 9.17) is 16.3 Å². The molecular weight excluding hydrogens is 204 g/mol. The maximum absolute atomic E-state index is 5.73. The first kappa shape index (κ1) is 10.5. The first-order chi connectivity index (χ1) is 6.33. The molecule has 0 spiro atoms. The summed E-state index contributed by atoms with van der Waals surface area (Å²) in [6, 6.07) is 7.58. The first-order valence-electron chi connectivity index (χ1n) is 3.72.